The zero-order valence-corrected chi connectivity index (χ0v) is 13.3. The highest BCUT2D eigenvalue weighted by Gasteiger charge is 2.15. The van der Waals surface area contributed by atoms with E-state index in [0.717, 1.165) is 0 Å². The number of nitriles is 1. The van der Waals surface area contributed by atoms with E-state index in [1.165, 1.54) is 6.07 Å². The van der Waals surface area contributed by atoms with E-state index in [-0.39, 0.29) is 19.6 Å². The van der Waals surface area contributed by atoms with Crippen LogP contribution in [-0.2, 0) is 21.0 Å². The van der Waals surface area contributed by atoms with E-state index < -0.39 is 23.6 Å². The number of carboxylic acid groups (broad SMARTS) is 1. The zero-order valence-electron chi connectivity index (χ0n) is 13.3. The van der Waals surface area contributed by atoms with Crippen LogP contribution in [0.3, 0.4) is 0 Å². The third kappa shape index (κ3) is 8.70. The molecule has 0 radical (unpaired) electrons. The number of aromatic amines is 1. The normalized spacial score (nSPS) is 10.6. The van der Waals surface area contributed by atoms with Gasteiger partial charge in [-0.25, -0.2) is 4.79 Å². The number of nitrogens with one attached hydrogen (secondary N) is 3. The van der Waals surface area contributed by atoms with Gasteiger partial charge in [0.05, 0.1) is 0 Å². The van der Waals surface area contributed by atoms with Crippen LogP contribution >= 0.6 is 0 Å². The summed E-state index contributed by atoms with van der Waals surface area (Å²) < 4.78 is 0. The standard InChI is InChI=1S/C14H18N6O5/c15-8-11(20-25-9-10-5-7-17-19-10)13(23)18-14(24)16-6-3-1-2-4-12(21)22/h5,7H,1-4,6,9H2,(H,17,19)(H,21,22)(H2,16,18,23,24). The summed E-state index contributed by atoms with van der Waals surface area (Å²) >= 11 is 0. The minimum atomic E-state index is -0.993. The van der Waals surface area contributed by atoms with Gasteiger partial charge in [0.25, 0.3) is 5.91 Å². The summed E-state index contributed by atoms with van der Waals surface area (Å²) in [5, 5.41) is 31.4. The second-order valence-electron chi connectivity index (χ2n) is 4.81. The molecule has 1 heterocycles. The number of carbonyl (C=O) groups excluding carboxylic acids is 2. The molecule has 0 bridgehead atoms. The molecule has 0 aliphatic heterocycles. The van der Waals surface area contributed by atoms with E-state index in [4.69, 9.17) is 15.2 Å². The lowest BCUT2D eigenvalue weighted by Gasteiger charge is -2.05. The molecule has 0 unspecified atom stereocenters. The average Bonchev–Trinajstić information content (AvgIpc) is 3.07. The highest BCUT2D eigenvalue weighted by molar-refractivity contribution is 6.46. The van der Waals surface area contributed by atoms with Crippen molar-refractivity contribution in [3.8, 4) is 6.07 Å². The van der Waals surface area contributed by atoms with Crippen molar-refractivity contribution in [3.63, 3.8) is 0 Å². The summed E-state index contributed by atoms with van der Waals surface area (Å²) in [6.45, 7) is 0.234. The van der Waals surface area contributed by atoms with Crippen LogP contribution in [0.4, 0.5) is 4.79 Å². The number of rotatable bonds is 10. The highest BCUT2D eigenvalue weighted by Crippen LogP contribution is 1.98. The summed E-state index contributed by atoms with van der Waals surface area (Å²) in [5.41, 5.74) is -0.0748. The molecule has 0 aliphatic rings. The van der Waals surface area contributed by atoms with Crippen LogP contribution in [0.1, 0.15) is 31.4 Å². The Balaban J connectivity index is 2.26. The quantitative estimate of drug-likeness (QED) is 0.267. The number of hydrogen-bond donors (Lipinski definition) is 4. The number of urea groups is 1. The third-order valence-electron chi connectivity index (χ3n) is 2.83. The molecule has 0 spiro atoms. The third-order valence-corrected chi connectivity index (χ3v) is 2.83. The lowest BCUT2D eigenvalue weighted by molar-refractivity contribution is -0.137. The fourth-order valence-electron chi connectivity index (χ4n) is 1.63. The predicted molar refractivity (Wildman–Crippen MR) is 84.1 cm³/mol. The van der Waals surface area contributed by atoms with Crippen LogP contribution in [0.5, 0.6) is 0 Å². The summed E-state index contributed by atoms with van der Waals surface area (Å²) in [6, 6.07) is 2.38. The Morgan fingerprint density at radius 2 is 2.16 bits per heavy atom. The van der Waals surface area contributed by atoms with Gasteiger partial charge in [-0.3, -0.25) is 20.0 Å². The van der Waals surface area contributed by atoms with Crippen molar-refractivity contribution in [2.24, 2.45) is 5.16 Å². The molecule has 25 heavy (non-hydrogen) atoms. The lowest BCUT2D eigenvalue weighted by atomic mass is 10.2. The molecule has 11 heteroatoms. The first kappa shape index (κ1) is 19.6. The Morgan fingerprint density at radius 1 is 1.36 bits per heavy atom. The fourth-order valence-corrected chi connectivity index (χ4v) is 1.63. The van der Waals surface area contributed by atoms with Gasteiger partial charge in [-0.05, 0) is 18.9 Å². The molecule has 1 rings (SSSR count). The Kier molecular flexibility index (Phi) is 8.77. The minimum Gasteiger partial charge on any atom is -0.481 e. The van der Waals surface area contributed by atoms with E-state index in [1.807, 2.05) is 5.32 Å². The van der Waals surface area contributed by atoms with Crippen molar-refractivity contribution in [1.29, 1.82) is 5.26 Å². The Labute approximate surface area is 143 Å². The molecule has 0 aromatic carbocycles. The first-order chi connectivity index (χ1) is 12.0. The molecular formula is C14H18N6O5. The maximum absolute atomic E-state index is 11.7. The SMILES string of the molecule is N#CC(=NOCc1cc[nH]n1)C(=O)NC(=O)NCCCCCC(=O)O. The van der Waals surface area contributed by atoms with Gasteiger partial charge >= 0.3 is 12.0 Å². The van der Waals surface area contributed by atoms with Crippen molar-refractivity contribution < 1.29 is 24.3 Å². The largest absolute Gasteiger partial charge is 0.481 e. The number of hydrogen-bond acceptors (Lipinski definition) is 7. The van der Waals surface area contributed by atoms with Crippen molar-refractivity contribution in [1.82, 2.24) is 20.8 Å². The topological polar surface area (TPSA) is 170 Å². The lowest BCUT2D eigenvalue weighted by Crippen LogP contribution is -2.42. The Bertz CT molecular complexity index is 649. The molecule has 1 aromatic heterocycles. The minimum absolute atomic E-state index is 0.0372. The number of nitrogens with zero attached hydrogens (tertiary/aromatic N) is 3. The zero-order chi connectivity index (χ0) is 18.5. The predicted octanol–water partition coefficient (Wildman–Crippen LogP) is 0.277. The molecule has 0 saturated heterocycles. The first-order valence-electron chi connectivity index (χ1n) is 7.42. The number of aliphatic carboxylic acids is 1. The van der Waals surface area contributed by atoms with Crippen LogP contribution in [-0.4, -0.2) is 45.5 Å². The molecule has 134 valence electrons. The van der Waals surface area contributed by atoms with E-state index >= 15 is 0 Å². The Morgan fingerprint density at radius 3 is 2.80 bits per heavy atom. The van der Waals surface area contributed by atoms with E-state index in [2.05, 4.69) is 20.7 Å². The van der Waals surface area contributed by atoms with Gasteiger partial charge in [-0.2, -0.15) is 10.4 Å². The van der Waals surface area contributed by atoms with Crippen molar-refractivity contribution in [2.45, 2.75) is 32.3 Å². The molecule has 4 N–H and O–H groups in total. The summed E-state index contributed by atoms with van der Waals surface area (Å²) in [6.07, 6.45) is 3.36. The fraction of sp³-hybridized carbons (Fsp3) is 0.429. The Hall–Kier alpha value is -3.42. The van der Waals surface area contributed by atoms with Gasteiger partial charge in [-0.1, -0.05) is 11.6 Å². The second-order valence-corrected chi connectivity index (χ2v) is 4.81. The molecule has 0 fully saturated rings. The smallest absolute Gasteiger partial charge is 0.321 e. The van der Waals surface area contributed by atoms with Crippen molar-refractivity contribution in [3.05, 3.63) is 18.0 Å². The van der Waals surface area contributed by atoms with Crippen molar-refractivity contribution in [2.75, 3.05) is 6.54 Å². The molecule has 1 aromatic rings. The van der Waals surface area contributed by atoms with Crippen LogP contribution in [0, 0.1) is 11.3 Å². The van der Waals surface area contributed by atoms with Gasteiger partial charge in [0, 0.05) is 19.2 Å². The van der Waals surface area contributed by atoms with Crippen LogP contribution < -0.4 is 10.6 Å². The number of amides is 3. The number of carbonyl (C=O) groups is 3. The monoisotopic (exact) mass is 350 g/mol. The average molecular weight is 350 g/mol. The number of carboxylic acids is 1. The molecule has 0 aliphatic carbocycles. The number of oxime groups is 1. The number of unbranched alkanes of at least 4 members (excludes halogenated alkanes) is 2. The first-order valence-corrected chi connectivity index (χ1v) is 7.42. The molecule has 0 saturated carbocycles. The van der Waals surface area contributed by atoms with Gasteiger partial charge in [-0.15, -0.1) is 0 Å². The van der Waals surface area contributed by atoms with Crippen LogP contribution in [0.2, 0.25) is 0 Å². The molecular weight excluding hydrogens is 332 g/mol. The van der Waals surface area contributed by atoms with Gasteiger partial charge in [0.1, 0.15) is 11.8 Å². The van der Waals surface area contributed by atoms with Gasteiger partial charge < -0.3 is 15.3 Å². The molecule has 0 atom stereocenters. The van der Waals surface area contributed by atoms with E-state index in [9.17, 15) is 14.4 Å². The van der Waals surface area contributed by atoms with Crippen LogP contribution in [0.25, 0.3) is 0 Å². The second kappa shape index (κ2) is 11.2. The maximum Gasteiger partial charge on any atom is 0.321 e. The van der Waals surface area contributed by atoms with Crippen LogP contribution in [0.15, 0.2) is 17.4 Å². The van der Waals surface area contributed by atoms with E-state index in [1.54, 1.807) is 12.3 Å². The van der Waals surface area contributed by atoms with Gasteiger partial charge in [0.2, 0.25) is 5.71 Å². The summed E-state index contributed by atoms with van der Waals surface area (Å²) in [5.74, 6) is -1.86. The number of H-pyrrole nitrogens is 1. The summed E-state index contributed by atoms with van der Waals surface area (Å²) in [4.78, 5) is 38.4. The molecule has 3 amide bonds. The number of aromatic nitrogens is 2. The van der Waals surface area contributed by atoms with Gasteiger partial charge in [0.15, 0.2) is 6.61 Å². The molecule has 11 nitrogen and oxygen atoms in total. The maximum atomic E-state index is 11.7. The number of imide groups is 1. The van der Waals surface area contributed by atoms with E-state index in [0.29, 0.717) is 25.0 Å². The summed E-state index contributed by atoms with van der Waals surface area (Å²) in [7, 11) is 0. The van der Waals surface area contributed by atoms with Crippen molar-refractivity contribution >= 4 is 23.6 Å². The highest BCUT2D eigenvalue weighted by atomic mass is 16.6.